The highest BCUT2D eigenvalue weighted by molar-refractivity contribution is 5.96. The van der Waals surface area contributed by atoms with Crippen LogP contribution in [0, 0.1) is 5.92 Å². The second-order valence-electron chi connectivity index (χ2n) is 8.06. The van der Waals surface area contributed by atoms with Crippen molar-refractivity contribution in [2.24, 2.45) is 33.8 Å². The molecule has 34 heavy (non-hydrogen) atoms. The van der Waals surface area contributed by atoms with Crippen LogP contribution < -0.4 is 38.9 Å². The lowest BCUT2D eigenvalue weighted by Gasteiger charge is -2.24. The van der Waals surface area contributed by atoms with Crippen molar-refractivity contribution in [3.05, 3.63) is 0 Å². The first-order chi connectivity index (χ1) is 15.8. The number of primary amides is 1. The molecule has 0 bridgehead atoms. The number of guanidine groups is 1. The van der Waals surface area contributed by atoms with E-state index in [9.17, 15) is 34.2 Å². The molecule has 194 valence electrons. The third-order valence-electron chi connectivity index (χ3n) is 4.48. The highest BCUT2D eigenvalue weighted by Crippen LogP contribution is 2.06. The highest BCUT2D eigenvalue weighted by Gasteiger charge is 2.31. The zero-order chi connectivity index (χ0) is 26.4. The fraction of sp³-hybridized carbons (Fsp3) is 0.684. The monoisotopic (exact) mass is 488 g/mol. The van der Waals surface area contributed by atoms with Crippen LogP contribution in [0.2, 0.25) is 0 Å². The molecule has 0 spiro atoms. The van der Waals surface area contributed by atoms with E-state index in [1.54, 1.807) is 13.8 Å². The van der Waals surface area contributed by atoms with Gasteiger partial charge in [-0.1, -0.05) is 13.8 Å². The Morgan fingerprint density at radius 1 is 0.882 bits per heavy atom. The number of carbonyl (C=O) groups is 5. The Kier molecular flexibility index (Phi) is 13.8. The molecule has 0 saturated carbocycles. The molecule has 15 heteroatoms. The number of nitrogens with zero attached hydrogens (tertiary/aromatic N) is 1. The third-order valence-corrected chi connectivity index (χ3v) is 4.48. The van der Waals surface area contributed by atoms with Gasteiger partial charge in [-0.25, -0.2) is 4.79 Å². The molecule has 0 rings (SSSR count). The molecule has 4 atom stereocenters. The van der Waals surface area contributed by atoms with E-state index in [0.717, 1.165) is 0 Å². The van der Waals surface area contributed by atoms with Crippen LogP contribution in [-0.4, -0.2) is 83.1 Å². The molecule has 0 heterocycles. The van der Waals surface area contributed by atoms with Crippen molar-refractivity contribution in [2.75, 3.05) is 13.2 Å². The summed E-state index contributed by atoms with van der Waals surface area (Å²) in [4.78, 5) is 63.9. The maximum absolute atomic E-state index is 12.6. The molecule has 0 aliphatic carbocycles. The van der Waals surface area contributed by atoms with Crippen LogP contribution in [0.5, 0.6) is 0 Å². The summed E-state index contributed by atoms with van der Waals surface area (Å²) < 4.78 is 0. The van der Waals surface area contributed by atoms with Crippen LogP contribution in [0.25, 0.3) is 0 Å². The molecule has 13 N–H and O–H groups in total. The molecule has 4 unspecified atom stereocenters. The lowest BCUT2D eigenvalue weighted by molar-refractivity contribution is -0.143. The number of carbonyl (C=O) groups excluding carboxylic acids is 4. The first kappa shape index (κ1) is 30.5. The molecule has 0 aromatic rings. The molecule has 0 aliphatic heterocycles. The Bertz CT molecular complexity index is 755. The van der Waals surface area contributed by atoms with Crippen LogP contribution in [0.3, 0.4) is 0 Å². The smallest absolute Gasteiger partial charge is 0.326 e. The number of rotatable bonds is 16. The topological polar surface area (TPSA) is 278 Å². The van der Waals surface area contributed by atoms with Crippen molar-refractivity contribution in [2.45, 2.75) is 63.7 Å². The van der Waals surface area contributed by atoms with Gasteiger partial charge in [0, 0.05) is 6.54 Å². The molecule has 4 amide bonds. The van der Waals surface area contributed by atoms with Crippen LogP contribution in [0.15, 0.2) is 4.99 Å². The normalized spacial score (nSPS) is 14.3. The number of nitrogens with one attached hydrogen (secondary N) is 3. The van der Waals surface area contributed by atoms with Crippen molar-refractivity contribution in [3.63, 3.8) is 0 Å². The number of carboxylic acid groups (broad SMARTS) is 1. The fourth-order valence-corrected chi connectivity index (χ4v) is 2.77. The zero-order valence-corrected chi connectivity index (χ0v) is 19.3. The van der Waals surface area contributed by atoms with E-state index in [1.165, 1.54) is 0 Å². The van der Waals surface area contributed by atoms with E-state index in [4.69, 9.17) is 22.9 Å². The lowest BCUT2D eigenvalue weighted by Crippen LogP contribution is -2.58. The van der Waals surface area contributed by atoms with Crippen molar-refractivity contribution in [1.82, 2.24) is 16.0 Å². The maximum atomic E-state index is 12.6. The second kappa shape index (κ2) is 15.4. The van der Waals surface area contributed by atoms with Gasteiger partial charge in [0.1, 0.15) is 18.1 Å². The number of amides is 4. The maximum Gasteiger partial charge on any atom is 0.326 e. The van der Waals surface area contributed by atoms with Gasteiger partial charge in [0.25, 0.3) is 0 Å². The third kappa shape index (κ3) is 12.5. The Balaban J connectivity index is 5.16. The number of aliphatic imine (C=N–C) groups is 1. The molecule has 15 nitrogen and oxygen atoms in total. The van der Waals surface area contributed by atoms with E-state index in [-0.39, 0.29) is 31.3 Å². The highest BCUT2D eigenvalue weighted by atomic mass is 16.4. The molecule has 0 saturated heterocycles. The molecular weight excluding hydrogens is 452 g/mol. The van der Waals surface area contributed by atoms with Gasteiger partial charge in [0.05, 0.1) is 19.1 Å². The van der Waals surface area contributed by atoms with E-state index >= 15 is 0 Å². The number of aliphatic carboxylic acids is 1. The summed E-state index contributed by atoms with van der Waals surface area (Å²) >= 11 is 0. The standard InChI is InChI=1S/C19H36N8O7/c1-9(2)6-12(18(33)34)26-16(31)11(7-14(21)29)25-17(32)13(8-28)27-15(30)10(20)4-3-5-24-19(22)23/h9-13,28H,3-8,20H2,1-2H3,(H2,21,29)(H,25,32)(H,26,31)(H,27,30)(H,33,34)(H4,22,23,24). The molecular formula is C19H36N8O7. The molecule has 0 aliphatic rings. The van der Waals surface area contributed by atoms with Crippen LogP contribution in [-0.2, 0) is 24.0 Å². The minimum absolute atomic E-state index is 0.0664. The largest absolute Gasteiger partial charge is 0.480 e. The summed E-state index contributed by atoms with van der Waals surface area (Å²) in [5.41, 5.74) is 21.3. The summed E-state index contributed by atoms with van der Waals surface area (Å²) in [6.45, 7) is 2.91. The quantitative estimate of drug-likeness (QED) is 0.0573. The first-order valence-electron chi connectivity index (χ1n) is 10.6. The molecule has 0 radical (unpaired) electrons. The first-order valence-corrected chi connectivity index (χ1v) is 10.6. The Hall–Kier alpha value is -3.46. The van der Waals surface area contributed by atoms with Crippen molar-refractivity contribution in [1.29, 1.82) is 0 Å². The molecule has 0 aromatic heterocycles. The van der Waals surface area contributed by atoms with Gasteiger partial charge in [-0.2, -0.15) is 0 Å². The summed E-state index contributed by atoms with van der Waals surface area (Å²) in [5.74, 6) is -5.12. The van der Waals surface area contributed by atoms with Crippen LogP contribution in [0.1, 0.15) is 39.5 Å². The summed E-state index contributed by atoms with van der Waals surface area (Å²) in [6, 6.07) is -5.32. The van der Waals surface area contributed by atoms with Gasteiger partial charge in [-0.05, 0) is 25.2 Å². The molecule has 0 aromatic carbocycles. The van der Waals surface area contributed by atoms with Crippen LogP contribution >= 0.6 is 0 Å². The summed E-state index contributed by atoms with van der Waals surface area (Å²) in [5, 5.41) is 25.5. The zero-order valence-electron chi connectivity index (χ0n) is 19.3. The predicted molar refractivity (Wildman–Crippen MR) is 122 cm³/mol. The number of aliphatic hydroxyl groups is 1. The number of aliphatic hydroxyl groups excluding tert-OH is 1. The summed E-state index contributed by atoms with van der Waals surface area (Å²) in [7, 11) is 0. The SMILES string of the molecule is CC(C)CC(NC(=O)C(CC(N)=O)NC(=O)C(CO)NC(=O)C(N)CCCN=C(N)N)C(=O)O. The van der Waals surface area contributed by atoms with Crippen LogP contribution in [0.4, 0.5) is 0 Å². The average Bonchev–Trinajstić information content (AvgIpc) is 2.72. The average molecular weight is 489 g/mol. The van der Waals surface area contributed by atoms with Gasteiger partial charge in [0.15, 0.2) is 5.96 Å². The van der Waals surface area contributed by atoms with Crippen molar-refractivity contribution < 1.29 is 34.2 Å². The predicted octanol–water partition coefficient (Wildman–Crippen LogP) is -4.18. The van der Waals surface area contributed by atoms with E-state index < -0.39 is 66.8 Å². The van der Waals surface area contributed by atoms with Crippen molar-refractivity contribution in [3.8, 4) is 0 Å². The van der Waals surface area contributed by atoms with Gasteiger partial charge >= 0.3 is 5.97 Å². The Labute approximate surface area is 197 Å². The Morgan fingerprint density at radius 3 is 1.88 bits per heavy atom. The summed E-state index contributed by atoms with van der Waals surface area (Å²) in [6.07, 6.45) is 0.0304. The van der Waals surface area contributed by atoms with Gasteiger partial charge in [-0.15, -0.1) is 0 Å². The fourth-order valence-electron chi connectivity index (χ4n) is 2.77. The minimum atomic E-state index is -1.53. The number of nitrogens with two attached hydrogens (primary N) is 4. The minimum Gasteiger partial charge on any atom is -0.480 e. The number of hydrogen-bond acceptors (Lipinski definition) is 8. The number of carboxylic acids is 1. The van der Waals surface area contributed by atoms with E-state index in [0.29, 0.717) is 6.42 Å². The Morgan fingerprint density at radius 2 is 1.41 bits per heavy atom. The van der Waals surface area contributed by atoms with Gasteiger partial charge < -0.3 is 49.1 Å². The lowest BCUT2D eigenvalue weighted by atomic mass is 10.0. The number of hydrogen-bond donors (Lipinski definition) is 9. The second-order valence-corrected chi connectivity index (χ2v) is 8.06. The van der Waals surface area contributed by atoms with Gasteiger partial charge in [-0.3, -0.25) is 24.2 Å². The van der Waals surface area contributed by atoms with Crippen molar-refractivity contribution >= 4 is 35.6 Å². The molecule has 0 fully saturated rings. The van der Waals surface area contributed by atoms with E-state index in [2.05, 4.69) is 20.9 Å². The van der Waals surface area contributed by atoms with E-state index in [1.807, 2.05) is 0 Å². The van der Waals surface area contributed by atoms with Gasteiger partial charge in [0.2, 0.25) is 23.6 Å².